The van der Waals surface area contributed by atoms with Crippen LogP contribution in [0.1, 0.15) is 29.2 Å². The molecule has 41 heavy (non-hydrogen) atoms. The molecular formula is C32H33N3O5S. The van der Waals surface area contributed by atoms with Crippen LogP contribution in [0.25, 0.3) is 0 Å². The molecule has 0 aromatic heterocycles. The number of carbonyl (C=O) groups excluding carboxylic acids is 1. The number of aryl methyl sites for hydroxylation is 1. The molecule has 0 bridgehead atoms. The number of ether oxygens (including phenoxy) is 2. The van der Waals surface area contributed by atoms with Gasteiger partial charge in [-0.15, -0.1) is 0 Å². The molecule has 1 unspecified atom stereocenters. The Hall–Kier alpha value is -4.47. The molecule has 0 saturated carbocycles. The van der Waals surface area contributed by atoms with Gasteiger partial charge in [-0.25, -0.2) is 13.8 Å². The molecule has 2 N–H and O–H groups in total. The maximum atomic E-state index is 13.1. The number of benzene rings is 4. The van der Waals surface area contributed by atoms with E-state index in [2.05, 4.69) is 15.2 Å². The molecule has 0 saturated heterocycles. The molecule has 1 amide bonds. The maximum Gasteiger partial charge on any atom is 0.258 e. The Balaban J connectivity index is 1.46. The third-order valence-electron chi connectivity index (χ3n) is 6.12. The highest BCUT2D eigenvalue weighted by Crippen LogP contribution is 2.29. The second-order valence-electron chi connectivity index (χ2n) is 9.32. The van der Waals surface area contributed by atoms with Crippen LogP contribution in [-0.2, 0) is 27.8 Å². The van der Waals surface area contributed by atoms with Crippen molar-refractivity contribution in [2.45, 2.75) is 37.8 Å². The van der Waals surface area contributed by atoms with E-state index in [1.807, 2.05) is 74.5 Å². The summed E-state index contributed by atoms with van der Waals surface area (Å²) in [5, 5.41) is 4.09. The second kappa shape index (κ2) is 14.2. The van der Waals surface area contributed by atoms with Crippen molar-refractivity contribution >= 4 is 22.1 Å². The van der Waals surface area contributed by atoms with Gasteiger partial charge in [-0.2, -0.15) is 9.82 Å². The van der Waals surface area contributed by atoms with Gasteiger partial charge in [0.25, 0.3) is 5.91 Å². The van der Waals surface area contributed by atoms with E-state index < -0.39 is 22.0 Å². The lowest BCUT2D eigenvalue weighted by molar-refractivity contribution is -0.122. The van der Waals surface area contributed by atoms with Gasteiger partial charge in [0.05, 0.1) is 17.7 Å². The van der Waals surface area contributed by atoms with Gasteiger partial charge in [-0.1, -0.05) is 78.4 Å². The van der Waals surface area contributed by atoms with Crippen LogP contribution in [0, 0.1) is 6.92 Å². The van der Waals surface area contributed by atoms with Crippen LogP contribution in [-0.4, -0.2) is 33.2 Å². The molecule has 1 atom stereocenters. The monoisotopic (exact) mass is 571 g/mol. The summed E-state index contributed by atoms with van der Waals surface area (Å²) in [4.78, 5) is 13.2. The minimum atomic E-state index is -3.95. The SMILES string of the molecule is CCOc1cc(C=NNC(=O)C(Cc2ccccc2)NS(=O)(=O)c2ccc(C)cc2)ccc1OCc1ccccc1. The van der Waals surface area contributed by atoms with E-state index in [9.17, 15) is 13.2 Å². The Bertz CT molecular complexity index is 1560. The van der Waals surface area contributed by atoms with Gasteiger partial charge in [0, 0.05) is 0 Å². The van der Waals surface area contributed by atoms with Crippen molar-refractivity contribution in [3.63, 3.8) is 0 Å². The average Bonchev–Trinajstić information content (AvgIpc) is 2.98. The number of hydrogen-bond acceptors (Lipinski definition) is 6. The number of sulfonamides is 1. The van der Waals surface area contributed by atoms with Crippen molar-refractivity contribution in [2.24, 2.45) is 5.10 Å². The minimum absolute atomic E-state index is 0.0792. The summed E-state index contributed by atoms with van der Waals surface area (Å²) in [5.74, 6) is 0.547. The first-order valence-electron chi connectivity index (χ1n) is 13.2. The Morgan fingerprint density at radius 1 is 0.854 bits per heavy atom. The van der Waals surface area contributed by atoms with Crippen LogP contribution < -0.4 is 19.6 Å². The second-order valence-corrected chi connectivity index (χ2v) is 11.0. The third kappa shape index (κ3) is 8.76. The standard InChI is InChI=1S/C32H33N3O5S/c1-3-39-31-21-27(16-19-30(31)40-23-26-12-8-5-9-13-26)22-33-34-32(36)29(20-25-10-6-4-7-11-25)35-41(37,38)28-17-14-24(2)15-18-28/h4-19,21-22,29,35H,3,20,23H2,1-2H3,(H,34,36). The van der Waals surface area contributed by atoms with E-state index >= 15 is 0 Å². The zero-order chi connectivity index (χ0) is 29.1. The van der Waals surface area contributed by atoms with E-state index in [1.54, 1.807) is 30.3 Å². The Morgan fingerprint density at radius 3 is 2.17 bits per heavy atom. The molecule has 4 rings (SSSR count). The molecule has 0 radical (unpaired) electrons. The predicted octanol–water partition coefficient (Wildman–Crippen LogP) is 5.01. The Kier molecular flexibility index (Phi) is 10.3. The number of hydrazone groups is 1. The summed E-state index contributed by atoms with van der Waals surface area (Å²) in [6.07, 6.45) is 1.62. The predicted molar refractivity (Wildman–Crippen MR) is 160 cm³/mol. The first-order valence-corrected chi connectivity index (χ1v) is 14.7. The molecule has 9 heteroatoms. The van der Waals surface area contributed by atoms with Gasteiger partial charge >= 0.3 is 0 Å². The first-order chi connectivity index (χ1) is 19.8. The van der Waals surface area contributed by atoms with E-state index in [-0.39, 0.29) is 11.3 Å². The lowest BCUT2D eigenvalue weighted by Gasteiger charge is -2.17. The Labute approximate surface area is 241 Å². The minimum Gasteiger partial charge on any atom is -0.490 e. The largest absolute Gasteiger partial charge is 0.490 e. The Morgan fingerprint density at radius 2 is 1.51 bits per heavy atom. The van der Waals surface area contributed by atoms with Crippen LogP contribution in [0.15, 0.2) is 113 Å². The van der Waals surface area contributed by atoms with Crippen LogP contribution in [0.5, 0.6) is 11.5 Å². The summed E-state index contributed by atoms with van der Waals surface area (Å²) in [5.41, 5.74) is 5.91. The van der Waals surface area contributed by atoms with E-state index in [4.69, 9.17) is 9.47 Å². The quantitative estimate of drug-likeness (QED) is 0.173. The lowest BCUT2D eigenvalue weighted by atomic mass is 10.1. The number of hydrogen-bond donors (Lipinski definition) is 2. The normalized spacial score (nSPS) is 12.1. The first kappa shape index (κ1) is 29.5. The third-order valence-corrected chi connectivity index (χ3v) is 7.61. The average molecular weight is 572 g/mol. The van der Waals surface area contributed by atoms with Crippen LogP contribution in [0.4, 0.5) is 0 Å². The molecule has 4 aromatic carbocycles. The number of carbonyl (C=O) groups is 1. The van der Waals surface area contributed by atoms with Gasteiger partial charge in [0.1, 0.15) is 12.6 Å². The van der Waals surface area contributed by atoms with Crippen LogP contribution >= 0.6 is 0 Å². The molecule has 0 heterocycles. The number of nitrogens with zero attached hydrogens (tertiary/aromatic N) is 1. The summed E-state index contributed by atoms with van der Waals surface area (Å²) >= 11 is 0. The molecule has 4 aromatic rings. The number of rotatable bonds is 13. The van der Waals surface area contributed by atoms with Crippen molar-refractivity contribution in [1.82, 2.24) is 10.1 Å². The summed E-state index contributed by atoms with van der Waals surface area (Å²) in [6, 6.07) is 29.7. The van der Waals surface area contributed by atoms with Crippen molar-refractivity contribution in [3.05, 3.63) is 125 Å². The van der Waals surface area contributed by atoms with Crippen molar-refractivity contribution in [2.75, 3.05) is 6.61 Å². The molecule has 0 aliphatic heterocycles. The van der Waals surface area contributed by atoms with Gasteiger partial charge in [0.2, 0.25) is 10.0 Å². The highest BCUT2D eigenvalue weighted by Gasteiger charge is 2.26. The van der Waals surface area contributed by atoms with E-state index in [0.717, 1.165) is 16.7 Å². The number of nitrogens with one attached hydrogen (secondary N) is 2. The maximum absolute atomic E-state index is 13.1. The topological polar surface area (TPSA) is 106 Å². The summed E-state index contributed by atoms with van der Waals surface area (Å²) in [6.45, 7) is 4.59. The molecule has 0 aliphatic rings. The molecule has 0 aliphatic carbocycles. The summed E-state index contributed by atoms with van der Waals surface area (Å²) < 4.78 is 40.4. The molecule has 0 fully saturated rings. The highest BCUT2D eigenvalue weighted by molar-refractivity contribution is 7.89. The van der Waals surface area contributed by atoms with E-state index in [0.29, 0.717) is 30.3 Å². The van der Waals surface area contributed by atoms with Gasteiger partial charge in [-0.05, 0) is 67.3 Å². The number of amides is 1. The fraction of sp³-hybridized carbons (Fsp3) is 0.188. The van der Waals surface area contributed by atoms with E-state index in [1.165, 1.54) is 18.3 Å². The molecule has 212 valence electrons. The van der Waals surface area contributed by atoms with Crippen molar-refractivity contribution < 1.29 is 22.7 Å². The van der Waals surface area contributed by atoms with Gasteiger partial charge in [-0.3, -0.25) is 4.79 Å². The van der Waals surface area contributed by atoms with Crippen molar-refractivity contribution in [3.8, 4) is 11.5 Å². The molecule has 8 nitrogen and oxygen atoms in total. The summed E-state index contributed by atoms with van der Waals surface area (Å²) in [7, 11) is -3.95. The van der Waals surface area contributed by atoms with Gasteiger partial charge in [0.15, 0.2) is 11.5 Å². The van der Waals surface area contributed by atoms with Crippen molar-refractivity contribution in [1.29, 1.82) is 0 Å². The molecule has 0 spiro atoms. The highest BCUT2D eigenvalue weighted by atomic mass is 32.2. The zero-order valence-corrected chi connectivity index (χ0v) is 23.8. The van der Waals surface area contributed by atoms with Crippen LogP contribution in [0.3, 0.4) is 0 Å². The fourth-order valence-electron chi connectivity index (χ4n) is 3.99. The fourth-order valence-corrected chi connectivity index (χ4v) is 5.18. The van der Waals surface area contributed by atoms with Gasteiger partial charge < -0.3 is 9.47 Å². The lowest BCUT2D eigenvalue weighted by Crippen LogP contribution is -2.46. The smallest absolute Gasteiger partial charge is 0.258 e. The molecular weight excluding hydrogens is 538 g/mol. The van der Waals surface area contributed by atoms with Crippen LogP contribution in [0.2, 0.25) is 0 Å². The zero-order valence-electron chi connectivity index (χ0n) is 23.0.